The average molecular weight is 377 g/mol. The molecule has 2 aromatic rings. The van der Waals surface area contributed by atoms with Gasteiger partial charge in [-0.1, -0.05) is 49.0 Å². The Kier molecular flexibility index (Phi) is 5.63. The molecular weight excluding hydrogens is 358 g/mol. The number of nitrogens with one attached hydrogen (secondary N) is 1. The fraction of sp³-hybridized carbons (Fsp3) is 0.190. The highest BCUT2D eigenvalue weighted by Crippen LogP contribution is 2.40. The van der Waals surface area contributed by atoms with E-state index in [9.17, 15) is 14.9 Å². The summed E-state index contributed by atoms with van der Waals surface area (Å²) >= 11 is 1.23. The summed E-state index contributed by atoms with van der Waals surface area (Å²) in [6.45, 7) is 3.83. The number of benzene rings is 2. The van der Waals surface area contributed by atoms with Gasteiger partial charge in [-0.25, -0.2) is 0 Å². The van der Waals surface area contributed by atoms with Crippen LogP contribution in [0.1, 0.15) is 19.4 Å². The van der Waals surface area contributed by atoms with Crippen molar-refractivity contribution < 1.29 is 9.59 Å². The van der Waals surface area contributed by atoms with Crippen molar-refractivity contribution in [2.24, 2.45) is 0 Å². The smallest absolute Gasteiger partial charge is 0.269 e. The normalized spacial score (nSPS) is 18.2. The predicted octanol–water partition coefficient (Wildman–Crippen LogP) is 4.09. The molecule has 1 saturated heterocycles. The topological polar surface area (TPSA) is 73.2 Å². The maximum atomic E-state index is 12.7. The molecule has 0 spiro atoms. The number of hydrogen-bond acceptors (Lipinski definition) is 4. The van der Waals surface area contributed by atoms with Gasteiger partial charge in [0.2, 0.25) is 5.91 Å². The lowest BCUT2D eigenvalue weighted by atomic mass is 10.1. The number of rotatable bonds is 4. The van der Waals surface area contributed by atoms with E-state index in [2.05, 4.69) is 12.2 Å². The number of hydrogen-bond donors (Lipinski definition) is 1. The highest BCUT2D eigenvalue weighted by atomic mass is 32.2. The van der Waals surface area contributed by atoms with Crippen molar-refractivity contribution in [1.29, 1.82) is 5.26 Å². The third-order valence-electron chi connectivity index (χ3n) is 4.25. The molecule has 2 amide bonds. The number of anilines is 2. The highest BCUT2D eigenvalue weighted by Gasteiger charge is 2.38. The second kappa shape index (κ2) is 8.11. The van der Waals surface area contributed by atoms with Crippen LogP contribution in [0.25, 0.3) is 0 Å². The minimum absolute atomic E-state index is 0.0684. The maximum Gasteiger partial charge on any atom is 0.269 e. The van der Waals surface area contributed by atoms with Crippen LogP contribution in [0.4, 0.5) is 11.4 Å². The number of nitriles is 1. The summed E-state index contributed by atoms with van der Waals surface area (Å²) in [5.41, 5.74) is 2.34. The summed E-state index contributed by atoms with van der Waals surface area (Å²) in [4.78, 5) is 26.8. The summed E-state index contributed by atoms with van der Waals surface area (Å²) in [7, 11) is 0. The molecule has 1 aliphatic heterocycles. The van der Waals surface area contributed by atoms with E-state index in [1.54, 1.807) is 31.2 Å². The van der Waals surface area contributed by atoms with Gasteiger partial charge in [0.1, 0.15) is 16.7 Å². The van der Waals surface area contributed by atoms with Gasteiger partial charge in [-0.05, 0) is 43.2 Å². The average Bonchev–Trinajstić information content (AvgIpc) is 2.98. The molecule has 0 aliphatic carbocycles. The molecule has 136 valence electrons. The Bertz CT molecular complexity index is 930. The van der Waals surface area contributed by atoms with Crippen molar-refractivity contribution in [1.82, 2.24) is 0 Å². The molecule has 0 saturated carbocycles. The van der Waals surface area contributed by atoms with Crippen molar-refractivity contribution >= 4 is 35.0 Å². The molecule has 27 heavy (non-hydrogen) atoms. The molecule has 0 radical (unpaired) electrons. The summed E-state index contributed by atoms with van der Waals surface area (Å²) in [5.74, 6) is -0.666. The van der Waals surface area contributed by atoms with Crippen molar-refractivity contribution in [3.8, 4) is 6.07 Å². The monoisotopic (exact) mass is 377 g/mol. The maximum absolute atomic E-state index is 12.7. The van der Waals surface area contributed by atoms with Gasteiger partial charge in [0.15, 0.2) is 0 Å². The quantitative estimate of drug-likeness (QED) is 0.643. The van der Waals surface area contributed by atoms with Crippen molar-refractivity contribution in [3.05, 3.63) is 70.8 Å². The lowest BCUT2D eigenvalue weighted by Gasteiger charge is -2.18. The van der Waals surface area contributed by atoms with Crippen LogP contribution in [0.2, 0.25) is 0 Å². The summed E-state index contributed by atoms with van der Waals surface area (Å²) in [6, 6.07) is 18.5. The number of carbonyl (C=O) groups is 2. The number of nitrogens with zero attached hydrogens (tertiary/aromatic N) is 2. The predicted molar refractivity (Wildman–Crippen MR) is 108 cm³/mol. The first-order valence-electron chi connectivity index (χ1n) is 8.65. The molecule has 1 atom stereocenters. The zero-order valence-electron chi connectivity index (χ0n) is 15.1. The number of amides is 2. The van der Waals surface area contributed by atoms with Crippen molar-refractivity contribution in [3.63, 3.8) is 0 Å². The SMILES string of the molecule is CCc1ccc(NC(=O)C(C#N)=C2SC(C)C(=O)N2c2ccccc2)cc1. The third kappa shape index (κ3) is 3.88. The molecule has 1 fully saturated rings. The second-order valence-corrected chi connectivity index (χ2v) is 7.40. The van der Waals surface area contributed by atoms with E-state index in [0.717, 1.165) is 12.0 Å². The zero-order valence-corrected chi connectivity index (χ0v) is 15.9. The van der Waals surface area contributed by atoms with Gasteiger partial charge in [-0.15, -0.1) is 0 Å². The van der Waals surface area contributed by atoms with Crippen molar-refractivity contribution in [2.75, 3.05) is 10.2 Å². The summed E-state index contributed by atoms with van der Waals surface area (Å²) in [6.07, 6.45) is 0.907. The highest BCUT2D eigenvalue weighted by molar-refractivity contribution is 8.05. The van der Waals surface area contributed by atoms with Crippen LogP contribution in [0, 0.1) is 11.3 Å². The zero-order chi connectivity index (χ0) is 19.4. The van der Waals surface area contributed by atoms with E-state index in [1.807, 2.05) is 36.4 Å². The van der Waals surface area contributed by atoms with Gasteiger partial charge in [-0.2, -0.15) is 5.26 Å². The first-order valence-corrected chi connectivity index (χ1v) is 9.53. The lowest BCUT2D eigenvalue weighted by molar-refractivity contribution is -0.116. The van der Waals surface area contributed by atoms with Gasteiger partial charge in [0.25, 0.3) is 5.91 Å². The number of aryl methyl sites for hydroxylation is 1. The van der Waals surface area contributed by atoms with Crippen LogP contribution in [-0.2, 0) is 16.0 Å². The minimum Gasteiger partial charge on any atom is -0.321 e. The fourth-order valence-electron chi connectivity index (χ4n) is 2.76. The molecule has 1 heterocycles. The molecule has 1 N–H and O–H groups in total. The molecular formula is C21H19N3O2S. The van der Waals surface area contributed by atoms with E-state index < -0.39 is 5.91 Å². The molecule has 5 nitrogen and oxygen atoms in total. The van der Waals surface area contributed by atoms with E-state index in [0.29, 0.717) is 16.4 Å². The molecule has 1 unspecified atom stereocenters. The second-order valence-electron chi connectivity index (χ2n) is 6.07. The standard InChI is InChI=1S/C21H19N3O2S/c1-3-15-9-11-16(12-10-15)23-19(25)18(13-22)21-24(20(26)14(2)27-21)17-7-5-4-6-8-17/h4-12,14H,3H2,1-2H3,(H,23,25). The van der Waals surface area contributed by atoms with Crippen molar-refractivity contribution in [2.45, 2.75) is 25.5 Å². The van der Waals surface area contributed by atoms with Gasteiger partial charge >= 0.3 is 0 Å². The Morgan fingerprint density at radius 1 is 1.19 bits per heavy atom. The summed E-state index contributed by atoms with van der Waals surface area (Å²) < 4.78 is 0. The fourth-order valence-corrected chi connectivity index (χ4v) is 3.86. The third-order valence-corrected chi connectivity index (χ3v) is 5.41. The van der Waals surface area contributed by atoms with Crippen LogP contribution >= 0.6 is 11.8 Å². The first kappa shape index (κ1) is 18.7. The number of thioether (sulfide) groups is 1. The molecule has 0 aromatic heterocycles. The number of carbonyl (C=O) groups excluding carboxylic acids is 2. The van der Waals surface area contributed by atoms with Crippen LogP contribution in [0.3, 0.4) is 0 Å². The Labute approximate surface area is 162 Å². The van der Waals surface area contributed by atoms with Crippen LogP contribution in [-0.4, -0.2) is 17.1 Å². The van der Waals surface area contributed by atoms with Gasteiger partial charge in [0, 0.05) is 11.4 Å². The van der Waals surface area contributed by atoms with E-state index >= 15 is 0 Å². The lowest BCUT2D eigenvalue weighted by Crippen LogP contribution is -2.29. The van der Waals surface area contributed by atoms with Gasteiger partial charge < -0.3 is 5.32 Å². The molecule has 0 bridgehead atoms. The summed E-state index contributed by atoms with van der Waals surface area (Å²) in [5, 5.41) is 12.4. The largest absolute Gasteiger partial charge is 0.321 e. The first-order chi connectivity index (χ1) is 13.0. The Hall–Kier alpha value is -3.04. The van der Waals surface area contributed by atoms with Crippen LogP contribution in [0.15, 0.2) is 65.2 Å². The van der Waals surface area contributed by atoms with E-state index in [1.165, 1.54) is 16.7 Å². The molecule has 6 heteroatoms. The number of para-hydroxylation sites is 1. The molecule has 2 aromatic carbocycles. The van der Waals surface area contributed by atoms with Crippen LogP contribution < -0.4 is 10.2 Å². The Morgan fingerprint density at radius 3 is 2.44 bits per heavy atom. The molecule has 1 aliphatic rings. The van der Waals surface area contributed by atoms with E-state index in [-0.39, 0.29) is 16.7 Å². The Morgan fingerprint density at radius 2 is 1.85 bits per heavy atom. The minimum atomic E-state index is -0.521. The van der Waals surface area contributed by atoms with Gasteiger partial charge in [0.05, 0.1) is 5.25 Å². The van der Waals surface area contributed by atoms with Crippen LogP contribution in [0.5, 0.6) is 0 Å². The van der Waals surface area contributed by atoms with E-state index in [4.69, 9.17) is 0 Å². The molecule has 3 rings (SSSR count). The van der Waals surface area contributed by atoms with Gasteiger partial charge in [-0.3, -0.25) is 14.5 Å². The Balaban J connectivity index is 1.95.